The molecule has 2 aliphatic rings. The number of allylic oxidation sites excluding steroid dienone is 4. The zero-order valence-electron chi connectivity index (χ0n) is 54.0. The molecule has 0 unspecified atom stereocenters. The number of benzene rings is 2. The van der Waals surface area contributed by atoms with Gasteiger partial charge in [-0.15, -0.1) is 0 Å². The molecule has 4 heteroatoms. The Kier molecular flexibility index (Phi) is 117. The van der Waals surface area contributed by atoms with E-state index >= 15 is 0 Å². The number of rotatable bonds is 9. The molecule has 2 nitrogen and oxygen atoms in total. The molecular formula is C70H138N2S2+2. The first-order valence-corrected chi connectivity index (χ1v) is 32.1. The summed E-state index contributed by atoms with van der Waals surface area (Å²) in [5, 5.41) is 0. The van der Waals surface area contributed by atoms with E-state index in [1.807, 2.05) is 160 Å². The molecule has 2 heterocycles. The van der Waals surface area contributed by atoms with Crippen LogP contribution in [0.2, 0.25) is 0 Å². The highest BCUT2D eigenvalue weighted by Crippen LogP contribution is 2.23. The highest BCUT2D eigenvalue weighted by atomic mass is 33.1. The minimum absolute atomic E-state index is 0. The van der Waals surface area contributed by atoms with Crippen molar-refractivity contribution in [3.05, 3.63) is 154 Å². The first-order chi connectivity index (χ1) is 35.2. The smallest absolute Gasteiger partial charge is 0.168 e. The molecular weight excluding hydrogens is 933 g/mol. The Labute approximate surface area is 479 Å². The number of hydrogen-bond donors (Lipinski definition) is 0. The molecule has 2 aromatic heterocycles. The van der Waals surface area contributed by atoms with Crippen molar-refractivity contribution < 1.29 is 9.13 Å². The van der Waals surface area contributed by atoms with Gasteiger partial charge in [0.15, 0.2) is 24.8 Å². The molecule has 4 aromatic rings. The van der Waals surface area contributed by atoms with E-state index < -0.39 is 0 Å². The van der Waals surface area contributed by atoms with Crippen LogP contribution in [0.3, 0.4) is 0 Å². The molecule has 2 aliphatic carbocycles. The number of nitrogens with zero attached hydrogens (tertiary/aromatic N) is 2. The number of pyridine rings is 2. The minimum atomic E-state index is 0. The van der Waals surface area contributed by atoms with E-state index in [4.69, 9.17) is 0 Å². The van der Waals surface area contributed by atoms with Crippen LogP contribution in [0.1, 0.15) is 269 Å². The lowest BCUT2D eigenvalue weighted by molar-refractivity contribution is -0.697. The van der Waals surface area contributed by atoms with Gasteiger partial charge in [0.05, 0.1) is 0 Å². The van der Waals surface area contributed by atoms with Gasteiger partial charge in [-0.3, -0.25) is 0 Å². The lowest BCUT2D eigenvalue weighted by Crippen LogP contribution is -2.32. The van der Waals surface area contributed by atoms with Gasteiger partial charge < -0.3 is 0 Å². The van der Waals surface area contributed by atoms with Gasteiger partial charge in [0.2, 0.25) is 0 Å². The van der Waals surface area contributed by atoms with E-state index in [9.17, 15) is 0 Å². The quantitative estimate of drug-likeness (QED) is 0.0714. The lowest BCUT2D eigenvalue weighted by Gasteiger charge is -2.13. The molecule has 2 aromatic carbocycles. The molecule has 0 N–H and O–H groups in total. The Hall–Kier alpha value is -3.08. The van der Waals surface area contributed by atoms with Gasteiger partial charge in [0, 0.05) is 48.6 Å². The van der Waals surface area contributed by atoms with Crippen LogP contribution in [0.4, 0.5) is 0 Å². The Morgan fingerprint density at radius 3 is 0.676 bits per heavy atom. The predicted octanol–water partition coefficient (Wildman–Crippen LogP) is 24.5. The Bertz CT molecular complexity index is 1360. The summed E-state index contributed by atoms with van der Waals surface area (Å²) < 4.78 is 4.49. The highest BCUT2D eigenvalue weighted by molar-refractivity contribution is 8.76. The zero-order valence-corrected chi connectivity index (χ0v) is 55.6. The van der Waals surface area contributed by atoms with Gasteiger partial charge >= 0.3 is 0 Å². The predicted molar refractivity (Wildman–Crippen MR) is 360 cm³/mol. The third-order valence-corrected chi connectivity index (χ3v) is 12.0. The average molecular weight is 1070 g/mol. The van der Waals surface area contributed by atoms with Crippen LogP contribution < -0.4 is 9.13 Å². The van der Waals surface area contributed by atoms with Crippen molar-refractivity contribution >= 4 is 21.6 Å². The molecule has 0 bridgehead atoms. The van der Waals surface area contributed by atoms with Crippen molar-refractivity contribution in [3.63, 3.8) is 0 Å². The Morgan fingerprint density at radius 2 is 0.500 bits per heavy atom. The van der Waals surface area contributed by atoms with Gasteiger partial charge in [-0.25, -0.2) is 9.13 Å². The summed E-state index contributed by atoms with van der Waals surface area (Å²) in [5.41, 5.74) is 12.0. The summed E-state index contributed by atoms with van der Waals surface area (Å²) >= 11 is 0. The number of hydrogen-bond acceptors (Lipinski definition) is 2. The fourth-order valence-corrected chi connectivity index (χ4v) is 7.39. The summed E-state index contributed by atoms with van der Waals surface area (Å²) in [6.07, 6.45) is 21.8. The van der Waals surface area contributed by atoms with Gasteiger partial charge in [-0.1, -0.05) is 258 Å². The molecule has 438 valence electrons. The van der Waals surface area contributed by atoms with Gasteiger partial charge in [0.25, 0.3) is 0 Å². The molecule has 0 atom stereocenters. The second-order valence-electron chi connectivity index (χ2n) is 14.5. The zero-order chi connectivity index (χ0) is 57.8. The first kappa shape index (κ1) is 96.6. The number of fused-ring (bicyclic) bond motifs is 2. The average Bonchev–Trinajstić information content (AvgIpc) is 3.48. The van der Waals surface area contributed by atoms with Crippen molar-refractivity contribution in [3.8, 4) is 0 Å². The first-order valence-electron chi connectivity index (χ1n) is 29.6. The Morgan fingerprint density at radius 1 is 0.311 bits per heavy atom. The normalized spacial score (nSPS) is 9.41. The molecule has 0 saturated carbocycles. The number of aromatic nitrogens is 2. The van der Waals surface area contributed by atoms with E-state index in [0.717, 1.165) is 13.1 Å². The summed E-state index contributed by atoms with van der Waals surface area (Å²) in [6, 6.07) is 30.1. The third-order valence-electron chi connectivity index (χ3n) is 9.45. The third kappa shape index (κ3) is 68.9. The van der Waals surface area contributed by atoms with E-state index in [-0.39, 0.29) is 14.9 Å². The van der Waals surface area contributed by atoms with Crippen LogP contribution in [0.5, 0.6) is 0 Å². The van der Waals surface area contributed by atoms with Crippen LogP contribution in [0.25, 0.3) is 0 Å². The second kappa shape index (κ2) is 89.5. The van der Waals surface area contributed by atoms with Crippen molar-refractivity contribution in [2.24, 2.45) is 0 Å². The number of aryl methyl sites for hydroxylation is 6. The molecule has 0 aliphatic heterocycles. The molecule has 6 rings (SSSR count). The summed E-state index contributed by atoms with van der Waals surface area (Å²) in [6.45, 7) is 59.2. The standard InChI is InChI=1S/C16H22N2S2.2C10H12.2C6H12.10C2H6.2CH4/c1-3-9-17(10-4-1)13-7-15-19-20-16-8-14-18-11-5-2-6-12-18;2*1-2-6-10-8-4-3-7-9(10)5-1;2*1-5(2)6(3)4;10*1-2;;/h1-6,9-12H,7-8,13-16H2;2*1-2,5-6H,3-4,7-8H2;2*1-4H3;10*1-2H3;2*1H4/q+2;;;;;;;;;;;;;;;;. The Balaban J connectivity index is -0.0000000713. The maximum atomic E-state index is 2.26. The highest BCUT2D eigenvalue weighted by Gasteiger charge is 2.07. The summed E-state index contributed by atoms with van der Waals surface area (Å²) in [5.74, 6) is 2.45. The largest absolute Gasteiger partial charge is 0.205 e. The summed E-state index contributed by atoms with van der Waals surface area (Å²) in [7, 11) is 4.00. The van der Waals surface area contributed by atoms with Crippen molar-refractivity contribution in [1.82, 2.24) is 0 Å². The van der Waals surface area contributed by atoms with Crippen molar-refractivity contribution in [1.29, 1.82) is 0 Å². The van der Waals surface area contributed by atoms with Crippen LogP contribution in [0, 0.1) is 0 Å². The fourth-order valence-electron chi connectivity index (χ4n) is 5.25. The van der Waals surface area contributed by atoms with Gasteiger partial charge in [-0.05, 0) is 129 Å². The van der Waals surface area contributed by atoms with Gasteiger partial charge in [0.1, 0.15) is 13.1 Å². The van der Waals surface area contributed by atoms with Crippen LogP contribution in [-0.2, 0) is 38.8 Å². The fraction of sp³-hybridized carbons (Fsp3) is 0.629. The SMILES string of the molecule is C.C.CC.CC.CC.CC.CC.CC.CC.CC.CC.CC.CC(C)=C(C)C.CC(C)=C(C)C.c1cc[n+](CCCSSCCC[n+]2ccccc2)cc1.c1ccc2c(c1)CCCC2.c1ccc2c(c1)CCCC2. The van der Waals surface area contributed by atoms with E-state index in [2.05, 4.69) is 174 Å². The van der Waals surface area contributed by atoms with E-state index in [0.29, 0.717) is 0 Å². The maximum Gasteiger partial charge on any atom is 0.168 e. The molecule has 0 radical (unpaired) electrons. The van der Waals surface area contributed by atoms with E-state index in [1.54, 1.807) is 22.3 Å². The van der Waals surface area contributed by atoms with Crippen molar-refractivity contribution in [2.45, 2.75) is 286 Å². The molecule has 0 saturated heterocycles. The van der Waals surface area contributed by atoms with Crippen LogP contribution in [-0.4, -0.2) is 11.5 Å². The maximum absolute atomic E-state index is 2.26. The molecule has 0 spiro atoms. The van der Waals surface area contributed by atoms with Gasteiger partial charge in [-0.2, -0.15) is 0 Å². The second-order valence-corrected chi connectivity index (χ2v) is 17.2. The monoisotopic (exact) mass is 1070 g/mol. The van der Waals surface area contributed by atoms with Crippen LogP contribution in [0.15, 0.2) is 132 Å². The topological polar surface area (TPSA) is 7.76 Å². The van der Waals surface area contributed by atoms with E-state index in [1.165, 1.54) is 98.0 Å². The molecule has 74 heavy (non-hydrogen) atoms. The van der Waals surface area contributed by atoms with Crippen molar-refractivity contribution in [2.75, 3.05) is 11.5 Å². The van der Waals surface area contributed by atoms with Crippen LogP contribution >= 0.6 is 21.6 Å². The minimum Gasteiger partial charge on any atom is -0.205 e. The lowest BCUT2D eigenvalue weighted by atomic mass is 9.92. The molecule has 0 amide bonds. The molecule has 0 fully saturated rings. The summed E-state index contributed by atoms with van der Waals surface area (Å²) in [4.78, 5) is 0.